The van der Waals surface area contributed by atoms with Crippen molar-refractivity contribution in [1.29, 1.82) is 0 Å². The van der Waals surface area contributed by atoms with Crippen LogP contribution in [0.25, 0.3) is 11.3 Å². The normalized spacial score (nSPS) is 22.2. The van der Waals surface area contributed by atoms with Gasteiger partial charge in [0.1, 0.15) is 11.7 Å². The molecule has 1 amide bonds. The van der Waals surface area contributed by atoms with Gasteiger partial charge in [0, 0.05) is 27.6 Å². The van der Waals surface area contributed by atoms with Crippen LogP contribution in [0.15, 0.2) is 53.3 Å². The number of carbonyl (C=O) groups excluding carboxylic acids is 1. The third-order valence-electron chi connectivity index (χ3n) is 6.46. The molecule has 8 heteroatoms. The summed E-state index contributed by atoms with van der Waals surface area (Å²) in [5, 5.41) is 4.39. The van der Waals surface area contributed by atoms with Crippen molar-refractivity contribution in [1.82, 2.24) is 14.9 Å². The number of nitrogens with two attached hydrogens (primary N) is 2. The molecule has 1 aromatic carbocycles. The third kappa shape index (κ3) is 4.39. The number of primary amides is 1. The molecule has 2 aliphatic carbocycles. The summed E-state index contributed by atoms with van der Waals surface area (Å²) in [7, 11) is 0. The molecule has 5 N–H and O–H groups in total. The van der Waals surface area contributed by atoms with E-state index in [2.05, 4.69) is 29.0 Å². The van der Waals surface area contributed by atoms with Crippen LogP contribution in [0.2, 0.25) is 0 Å². The first-order chi connectivity index (χ1) is 15.8. The molecule has 1 saturated carbocycles. The molecule has 0 spiro atoms. The smallest absolute Gasteiger partial charge is 0.249 e. The molecule has 0 bridgehead atoms. The Hall–Kier alpha value is -2.43. The number of nitrogens with zero attached hydrogens (tertiary/aromatic N) is 3. The number of hydrogen-bond donors (Lipinski definition) is 3. The Kier molecular flexibility index (Phi) is 5.92. The van der Waals surface area contributed by atoms with Crippen LogP contribution >= 0.6 is 20.7 Å². The Morgan fingerprint density at radius 3 is 2.85 bits per heavy atom. The van der Waals surface area contributed by atoms with Crippen LogP contribution in [0.5, 0.6) is 0 Å². The van der Waals surface area contributed by atoms with Crippen LogP contribution in [0.3, 0.4) is 0 Å². The summed E-state index contributed by atoms with van der Waals surface area (Å²) >= 11 is -0.303. The molecule has 2 heterocycles. The van der Waals surface area contributed by atoms with Gasteiger partial charge in [0.15, 0.2) is 5.49 Å². The maximum atomic E-state index is 12.1. The summed E-state index contributed by atoms with van der Waals surface area (Å²) in [4.78, 5) is 21.7. The summed E-state index contributed by atoms with van der Waals surface area (Å²) < 4.78 is 4.99. The molecule has 3 aliphatic rings. The van der Waals surface area contributed by atoms with E-state index < -0.39 is 11.6 Å². The van der Waals surface area contributed by atoms with Crippen LogP contribution < -0.4 is 27.6 Å². The third-order valence-corrected chi connectivity index (χ3v) is 8.33. The van der Waals surface area contributed by atoms with Gasteiger partial charge >= 0.3 is 0 Å². The molecule has 33 heavy (non-hydrogen) atoms. The molecule has 2 aromatic rings. The average Bonchev–Trinajstić information content (AvgIpc) is 3.54. The monoisotopic (exact) mass is 556 g/mol. The highest BCUT2D eigenvalue weighted by atomic mass is 127. The number of rotatable bonds is 6. The van der Waals surface area contributed by atoms with E-state index in [4.69, 9.17) is 21.4 Å². The van der Waals surface area contributed by atoms with E-state index in [-0.39, 0.29) is 20.7 Å². The lowest BCUT2D eigenvalue weighted by Gasteiger charge is -2.32. The number of carbonyl (C=O) groups is 1. The minimum absolute atomic E-state index is 0.303. The predicted molar refractivity (Wildman–Crippen MR) is 140 cm³/mol. The fourth-order valence-corrected chi connectivity index (χ4v) is 6.34. The zero-order valence-corrected chi connectivity index (χ0v) is 21.0. The van der Waals surface area contributed by atoms with Gasteiger partial charge in [0.2, 0.25) is 5.91 Å². The van der Waals surface area contributed by atoms with Crippen LogP contribution in [0.4, 0.5) is 0 Å². The highest BCUT2D eigenvalue weighted by Crippen LogP contribution is 2.32. The number of imidazole rings is 1. The number of halogens is 1. The number of benzene rings is 1. The minimum atomic E-state index is -0.573. The molecule has 1 fully saturated rings. The van der Waals surface area contributed by atoms with Crippen LogP contribution in [-0.4, -0.2) is 35.7 Å². The second-order valence-corrected chi connectivity index (χ2v) is 11.4. The van der Waals surface area contributed by atoms with Crippen LogP contribution in [0.1, 0.15) is 49.0 Å². The van der Waals surface area contributed by atoms with E-state index in [1.54, 1.807) is 6.07 Å². The number of fused-ring (bicyclic) bond motifs is 1. The first-order valence-corrected chi connectivity index (χ1v) is 14.0. The molecule has 5 rings (SSSR count). The van der Waals surface area contributed by atoms with Crippen molar-refractivity contribution in [2.24, 2.45) is 22.4 Å². The lowest BCUT2D eigenvalue weighted by Crippen LogP contribution is -2.53. The van der Waals surface area contributed by atoms with Crippen LogP contribution in [-0.2, 0) is 0 Å². The van der Waals surface area contributed by atoms with E-state index in [9.17, 15) is 4.79 Å². The minimum Gasteiger partial charge on any atom is -0.366 e. The molecule has 0 saturated heterocycles. The lowest BCUT2D eigenvalue weighted by atomic mass is 9.89. The van der Waals surface area contributed by atoms with Gasteiger partial charge < -0.3 is 11.5 Å². The number of allylic oxidation sites excluding steroid dienone is 2. The number of nitrogens with one attached hydrogen (secondary N) is 1. The van der Waals surface area contributed by atoms with E-state index in [0.717, 1.165) is 44.1 Å². The Morgan fingerprint density at radius 2 is 2.09 bits per heavy atom. The predicted octanol–water partition coefficient (Wildman–Crippen LogP) is 1.78. The van der Waals surface area contributed by atoms with Crippen molar-refractivity contribution in [2.45, 2.75) is 44.8 Å². The van der Waals surface area contributed by atoms with Crippen molar-refractivity contribution in [3.8, 4) is 0 Å². The number of amides is 1. The second kappa shape index (κ2) is 8.73. The van der Waals surface area contributed by atoms with E-state index in [0.29, 0.717) is 17.5 Å². The molecule has 1 aliphatic heterocycles. The maximum absolute atomic E-state index is 12.1. The number of hydrogen-bond acceptors (Lipinski definition) is 5. The molecule has 1 aromatic heterocycles. The van der Waals surface area contributed by atoms with Crippen molar-refractivity contribution < 1.29 is 4.79 Å². The molecule has 2 unspecified atom stereocenters. The summed E-state index contributed by atoms with van der Waals surface area (Å²) in [6.07, 6.45) is 9.57. The molecule has 172 valence electrons. The van der Waals surface area contributed by atoms with E-state index in [1.807, 2.05) is 35.6 Å². The zero-order valence-electron chi connectivity index (χ0n) is 18.9. The summed E-state index contributed by atoms with van der Waals surface area (Å²) in [5.41, 5.74) is 17.3. The molecular weight excluding hydrogens is 527 g/mol. The highest BCUT2D eigenvalue weighted by molar-refractivity contribution is 14.2. The van der Waals surface area contributed by atoms with Crippen LogP contribution in [0, 0.1) is 5.92 Å². The summed E-state index contributed by atoms with van der Waals surface area (Å²) in [6, 6.07) is 8.03. The topological polar surface area (TPSA) is 111 Å². The Bertz CT molecular complexity index is 1330. The van der Waals surface area contributed by atoms with Crippen molar-refractivity contribution in [2.75, 3.05) is 4.43 Å². The number of aromatic nitrogens is 2. The molecular formula is C25H29IN6O. The average molecular weight is 556 g/mol. The van der Waals surface area contributed by atoms with Crippen molar-refractivity contribution >= 4 is 42.0 Å². The second-order valence-electron chi connectivity index (χ2n) is 9.18. The molecule has 2 atom stereocenters. The Morgan fingerprint density at radius 1 is 1.30 bits per heavy atom. The largest absolute Gasteiger partial charge is 0.366 e. The maximum Gasteiger partial charge on any atom is 0.249 e. The first kappa shape index (κ1) is 22.4. The Balaban J connectivity index is 1.65. The highest BCUT2D eigenvalue weighted by Gasteiger charge is 2.33. The van der Waals surface area contributed by atoms with Gasteiger partial charge in [-0.05, 0) is 55.0 Å². The SMILES string of the molecule is CC1CC=C(C(C)(N)NC2CC2)C=C1n1cnc2c1=NC=ICC=2c1ccccc1C(N)=O. The fourth-order valence-electron chi connectivity index (χ4n) is 4.47. The van der Waals surface area contributed by atoms with Gasteiger partial charge in [0.05, 0.1) is 9.80 Å². The van der Waals surface area contributed by atoms with Crippen molar-refractivity contribution in [3.63, 3.8) is 0 Å². The van der Waals surface area contributed by atoms with Gasteiger partial charge in [-0.1, -0.05) is 51.9 Å². The van der Waals surface area contributed by atoms with Gasteiger partial charge in [0.25, 0.3) is 0 Å². The van der Waals surface area contributed by atoms with Gasteiger partial charge in [-0.2, -0.15) is 0 Å². The fraction of sp³-hybridized carbons (Fsp3) is 0.360. The molecule has 7 nitrogen and oxygen atoms in total. The summed E-state index contributed by atoms with van der Waals surface area (Å²) in [6.45, 7) is 4.26. The van der Waals surface area contributed by atoms with Gasteiger partial charge in [-0.3, -0.25) is 14.7 Å². The quantitative estimate of drug-likeness (QED) is 0.286. The van der Waals surface area contributed by atoms with Gasteiger partial charge in [-0.15, -0.1) is 0 Å². The first-order valence-electron chi connectivity index (χ1n) is 11.3. The van der Waals surface area contributed by atoms with Gasteiger partial charge in [-0.25, -0.2) is 9.98 Å². The van der Waals surface area contributed by atoms with Crippen molar-refractivity contribution in [3.05, 3.63) is 70.3 Å². The molecule has 0 radical (unpaired) electrons. The lowest BCUT2D eigenvalue weighted by molar-refractivity contribution is 0.1000. The van der Waals surface area contributed by atoms with E-state index in [1.165, 1.54) is 12.8 Å². The Labute approximate surface area is 203 Å². The van der Waals surface area contributed by atoms with E-state index >= 15 is 0 Å². The standard InChI is InChI=1S/C25H29IN6O/c1-15-7-8-16(25(2,28)31-17-9-10-17)11-21(15)32-14-30-22-20(12-26-13-29-24(22)32)18-5-3-4-6-19(18)23(27)33/h3-6,8,11,13-15,17,31H,7,9-10,12,28H2,1-2H3,(H2,27,33). The zero-order chi connectivity index (χ0) is 23.2. The summed E-state index contributed by atoms with van der Waals surface area (Å²) in [5.74, 6) is -0.121. The number of alkyl halides is 1.